The topological polar surface area (TPSA) is 97.1 Å². The number of ether oxygens (including phenoxy) is 4. The normalized spacial score (nSPS) is 12.6. The molecule has 2 atom stereocenters. The van der Waals surface area contributed by atoms with Crippen LogP contribution >= 0.6 is 0 Å². The van der Waals surface area contributed by atoms with Crippen molar-refractivity contribution in [2.24, 2.45) is 5.73 Å². The highest BCUT2D eigenvalue weighted by Crippen LogP contribution is 2.16. The Bertz CT molecular complexity index is 883. The van der Waals surface area contributed by atoms with Gasteiger partial charge in [0.05, 0.1) is 25.9 Å². The minimum absolute atomic E-state index is 0.00580. The Kier molecular flexibility index (Phi) is 14.4. The van der Waals surface area contributed by atoms with Gasteiger partial charge in [-0.05, 0) is 70.2 Å². The number of hydrogen-bond donors (Lipinski definition) is 1. The van der Waals surface area contributed by atoms with E-state index in [1.807, 2.05) is 37.3 Å². The summed E-state index contributed by atoms with van der Waals surface area (Å²) in [6.07, 6.45) is 1.52. The number of carbonyl (C=O) groups is 2. The Labute approximate surface area is 214 Å². The van der Waals surface area contributed by atoms with E-state index in [1.165, 1.54) is 19.2 Å². The van der Waals surface area contributed by atoms with E-state index in [4.69, 9.17) is 15.2 Å². The molecular weight excluding hydrogens is 465 g/mol. The monoisotopic (exact) mass is 505 g/mol. The second kappa shape index (κ2) is 16.7. The molecule has 0 heterocycles. The highest BCUT2D eigenvalue weighted by Gasteiger charge is 2.16. The van der Waals surface area contributed by atoms with Gasteiger partial charge in [-0.3, -0.25) is 4.79 Å². The first kappa shape index (κ1) is 31.1. The molecule has 0 spiro atoms. The predicted octanol–water partition coefficient (Wildman–Crippen LogP) is 5.58. The molecule has 2 unspecified atom stereocenters. The van der Waals surface area contributed by atoms with Gasteiger partial charge in [-0.25, -0.2) is 9.18 Å². The lowest BCUT2D eigenvalue weighted by Crippen LogP contribution is -2.27. The molecule has 8 heteroatoms. The van der Waals surface area contributed by atoms with Gasteiger partial charge in [0.25, 0.3) is 0 Å². The van der Waals surface area contributed by atoms with Crippen LogP contribution in [0, 0.1) is 5.82 Å². The van der Waals surface area contributed by atoms with Crippen LogP contribution in [-0.4, -0.2) is 43.6 Å². The van der Waals surface area contributed by atoms with Gasteiger partial charge in [0.15, 0.2) is 0 Å². The fourth-order valence-corrected chi connectivity index (χ4v) is 3.22. The lowest BCUT2D eigenvalue weighted by Gasteiger charge is -2.22. The largest absolute Gasteiger partial charge is 0.469 e. The average Bonchev–Trinajstić information content (AvgIpc) is 2.81. The molecule has 0 saturated carbocycles. The second-order valence-corrected chi connectivity index (χ2v) is 9.38. The van der Waals surface area contributed by atoms with E-state index in [0.717, 1.165) is 11.1 Å². The molecular formula is C28H40FNO6. The zero-order valence-electron chi connectivity index (χ0n) is 22.0. The van der Waals surface area contributed by atoms with Crippen LogP contribution in [0.3, 0.4) is 0 Å². The number of nitrogens with two attached hydrogens (primary N) is 1. The molecule has 0 fully saturated rings. The molecule has 0 aliphatic rings. The van der Waals surface area contributed by atoms with Crippen molar-refractivity contribution in [3.05, 3.63) is 71.5 Å². The molecule has 0 aliphatic heterocycles. The number of esters is 1. The maximum atomic E-state index is 13.2. The van der Waals surface area contributed by atoms with Gasteiger partial charge in [-0.15, -0.1) is 0 Å². The van der Waals surface area contributed by atoms with Crippen molar-refractivity contribution in [3.63, 3.8) is 0 Å². The zero-order chi connectivity index (χ0) is 27.0. The van der Waals surface area contributed by atoms with Gasteiger partial charge >= 0.3 is 12.1 Å². The maximum Gasteiger partial charge on any atom is 0.405 e. The van der Waals surface area contributed by atoms with Crippen molar-refractivity contribution in [3.8, 4) is 0 Å². The van der Waals surface area contributed by atoms with Crippen molar-refractivity contribution in [1.82, 2.24) is 0 Å². The van der Waals surface area contributed by atoms with Crippen molar-refractivity contribution in [2.75, 3.05) is 13.7 Å². The zero-order valence-corrected chi connectivity index (χ0v) is 22.0. The summed E-state index contributed by atoms with van der Waals surface area (Å²) in [6.45, 7) is 8.33. The third-order valence-corrected chi connectivity index (χ3v) is 4.86. The van der Waals surface area contributed by atoms with Crippen LogP contribution in [0.4, 0.5) is 9.18 Å². The van der Waals surface area contributed by atoms with E-state index in [-0.39, 0.29) is 24.0 Å². The highest BCUT2D eigenvalue weighted by molar-refractivity contribution is 5.69. The number of carbonyl (C=O) groups excluding carboxylic acids is 2. The van der Waals surface area contributed by atoms with Gasteiger partial charge in [-0.2, -0.15) is 0 Å². The van der Waals surface area contributed by atoms with Gasteiger partial charge < -0.3 is 24.7 Å². The first-order valence-corrected chi connectivity index (χ1v) is 12.1. The number of benzene rings is 2. The maximum absolute atomic E-state index is 13.2. The average molecular weight is 506 g/mol. The number of rotatable bonds is 12. The lowest BCUT2D eigenvalue weighted by atomic mass is 10.0. The Morgan fingerprint density at radius 1 is 0.972 bits per heavy atom. The minimum Gasteiger partial charge on any atom is -0.469 e. The van der Waals surface area contributed by atoms with Crippen LogP contribution in [0.5, 0.6) is 0 Å². The van der Waals surface area contributed by atoms with Crippen LogP contribution in [0.15, 0.2) is 54.6 Å². The van der Waals surface area contributed by atoms with E-state index >= 15 is 0 Å². The van der Waals surface area contributed by atoms with Crippen LogP contribution in [-0.2, 0) is 36.8 Å². The number of hydrogen-bond acceptors (Lipinski definition) is 6. The third kappa shape index (κ3) is 15.8. The standard InChI is InChI=1S/C23H29FO4.C5H11NO2/c1-18(28-17-20-7-4-3-5-8-20)15-22(27-14-6-9-23(25)26-2)16-19-10-12-21(24)13-11-19;1-5(2,3)8-4(6)7/h3-5,7-8,10-13,18,22H,6,9,14-17H2,1-2H3;1-3H3,(H2,6,7). The molecule has 200 valence electrons. The van der Waals surface area contributed by atoms with Crippen molar-refractivity contribution < 1.29 is 32.9 Å². The third-order valence-electron chi connectivity index (χ3n) is 4.86. The lowest BCUT2D eigenvalue weighted by molar-refractivity contribution is -0.141. The molecule has 0 saturated heterocycles. The summed E-state index contributed by atoms with van der Waals surface area (Å²) in [4.78, 5) is 21.3. The highest BCUT2D eigenvalue weighted by atomic mass is 19.1. The van der Waals surface area contributed by atoms with E-state index in [0.29, 0.717) is 38.9 Å². The number of methoxy groups -OCH3 is 1. The first-order chi connectivity index (χ1) is 17.0. The SMILES string of the molecule is CC(C)(C)OC(N)=O.COC(=O)CCCOC(Cc1ccc(F)cc1)CC(C)OCc1ccccc1. The molecule has 2 aromatic rings. The summed E-state index contributed by atoms with van der Waals surface area (Å²) in [5.74, 6) is -0.489. The van der Waals surface area contributed by atoms with E-state index in [9.17, 15) is 14.0 Å². The summed E-state index contributed by atoms with van der Waals surface area (Å²) >= 11 is 0. The summed E-state index contributed by atoms with van der Waals surface area (Å²) in [7, 11) is 1.38. The smallest absolute Gasteiger partial charge is 0.405 e. The van der Waals surface area contributed by atoms with Crippen LogP contribution in [0.2, 0.25) is 0 Å². The quantitative estimate of drug-likeness (QED) is 0.299. The fourth-order valence-electron chi connectivity index (χ4n) is 3.22. The second-order valence-electron chi connectivity index (χ2n) is 9.38. The van der Waals surface area contributed by atoms with Gasteiger partial charge in [0.1, 0.15) is 11.4 Å². The Morgan fingerprint density at radius 2 is 1.61 bits per heavy atom. The Balaban J connectivity index is 0.000000697. The molecule has 7 nitrogen and oxygen atoms in total. The molecule has 2 N–H and O–H groups in total. The number of amides is 1. The van der Waals surface area contributed by atoms with E-state index < -0.39 is 11.7 Å². The van der Waals surface area contributed by atoms with E-state index in [1.54, 1.807) is 32.9 Å². The van der Waals surface area contributed by atoms with Crippen LogP contribution in [0.1, 0.15) is 58.1 Å². The van der Waals surface area contributed by atoms with Crippen molar-refractivity contribution >= 4 is 12.1 Å². The first-order valence-electron chi connectivity index (χ1n) is 12.1. The predicted molar refractivity (Wildman–Crippen MR) is 137 cm³/mol. The number of halogens is 1. The molecule has 0 aliphatic carbocycles. The van der Waals surface area contributed by atoms with E-state index in [2.05, 4.69) is 9.47 Å². The summed E-state index contributed by atoms with van der Waals surface area (Å²) in [5, 5.41) is 0. The molecule has 2 aromatic carbocycles. The Morgan fingerprint density at radius 3 is 2.14 bits per heavy atom. The summed E-state index contributed by atoms with van der Waals surface area (Å²) in [5.41, 5.74) is 6.40. The molecule has 2 rings (SSSR count). The molecule has 0 aromatic heterocycles. The van der Waals surface area contributed by atoms with Gasteiger partial charge in [-0.1, -0.05) is 42.5 Å². The molecule has 0 radical (unpaired) electrons. The minimum atomic E-state index is -0.725. The molecule has 36 heavy (non-hydrogen) atoms. The van der Waals surface area contributed by atoms with Gasteiger partial charge in [0, 0.05) is 13.0 Å². The number of primary amides is 1. The van der Waals surface area contributed by atoms with Crippen LogP contribution < -0.4 is 5.73 Å². The molecule has 1 amide bonds. The Hall–Kier alpha value is -2.97. The van der Waals surface area contributed by atoms with Gasteiger partial charge in [0.2, 0.25) is 0 Å². The van der Waals surface area contributed by atoms with Crippen LogP contribution in [0.25, 0.3) is 0 Å². The summed E-state index contributed by atoms with van der Waals surface area (Å²) in [6, 6.07) is 16.5. The fraction of sp³-hybridized carbons (Fsp3) is 0.500. The van der Waals surface area contributed by atoms with Crippen molar-refractivity contribution in [1.29, 1.82) is 0 Å². The molecule has 0 bridgehead atoms. The summed E-state index contributed by atoms with van der Waals surface area (Å²) < 4.78 is 34.4. The van der Waals surface area contributed by atoms with Crippen molar-refractivity contribution in [2.45, 2.75) is 77.8 Å².